The van der Waals surface area contributed by atoms with Gasteiger partial charge in [-0.15, -0.1) is 0 Å². The fourth-order valence-electron chi connectivity index (χ4n) is 1.80. The number of hydrogen-bond acceptors (Lipinski definition) is 3. The average Bonchev–Trinajstić information content (AvgIpc) is 2.47. The standard InChI is InChI=1S/C16H18ClNO2/c1-12-7-8-13(11-14(12)17)18-9-10-20-16-6-4-3-5-15(16)19-2/h3-8,11,18H,9-10H2,1-2H3. The Bertz CT molecular complexity index is 572. The van der Waals surface area contributed by atoms with Gasteiger partial charge in [-0.1, -0.05) is 29.8 Å². The van der Waals surface area contributed by atoms with Crippen molar-refractivity contribution in [2.75, 3.05) is 25.6 Å². The first-order valence-corrected chi connectivity index (χ1v) is 6.84. The van der Waals surface area contributed by atoms with E-state index in [0.717, 1.165) is 27.8 Å². The van der Waals surface area contributed by atoms with Crippen LogP contribution in [0.3, 0.4) is 0 Å². The largest absolute Gasteiger partial charge is 0.493 e. The van der Waals surface area contributed by atoms with Gasteiger partial charge >= 0.3 is 0 Å². The number of methoxy groups -OCH3 is 1. The summed E-state index contributed by atoms with van der Waals surface area (Å²) in [7, 11) is 1.63. The second-order valence-electron chi connectivity index (χ2n) is 4.39. The summed E-state index contributed by atoms with van der Waals surface area (Å²) in [6.45, 7) is 3.22. The Kier molecular flexibility index (Phi) is 5.13. The Hall–Kier alpha value is -1.87. The van der Waals surface area contributed by atoms with Gasteiger partial charge in [0.15, 0.2) is 11.5 Å². The molecule has 3 nitrogen and oxygen atoms in total. The van der Waals surface area contributed by atoms with Crippen LogP contribution in [0.2, 0.25) is 5.02 Å². The maximum Gasteiger partial charge on any atom is 0.161 e. The topological polar surface area (TPSA) is 30.5 Å². The molecule has 0 aliphatic heterocycles. The number of benzene rings is 2. The third-order valence-electron chi connectivity index (χ3n) is 2.93. The molecule has 106 valence electrons. The van der Waals surface area contributed by atoms with Crippen molar-refractivity contribution in [3.8, 4) is 11.5 Å². The highest BCUT2D eigenvalue weighted by atomic mass is 35.5. The normalized spacial score (nSPS) is 10.2. The van der Waals surface area contributed by atoms with Gasteiger partial charge in [0.25, 0.3) is 0 Å². The third kappa shape index (κ3) is 3.81. The van der Waals surface area contributed by atoms with Crippen molar-refractivity contribution in [1.82, 2.24) is 0 Å². The summed E-state index contributed by atoms with van der Waals surface area (Å²) in [6.07, 6.45) is 0. The molecule has 0 bridgehead atoms. The van der Waals surface area contributed by atoms with Crippen molar-refractivity contribution < 1.29 is 9.47 Å². The molecule has 0 fully saturated rings. The van der Waals surface area contributed by atoms with Crippen LogP contribution in [0.1, 0.15) is 5.56 Å². The highest BCUT2D eigenvalue weighted by Gasteiger charge is 2.02. The molecule has 0 heterocycles. The highest BCUT2D eigenvalue weighted by Crippen LogP contribution is 2.25. The smallest absolute Gasteiger partial charge is 0.161 e. The van der Waals surface area contributed by atoms with E-state index in [9.17, 15) is 0 Å². The average molecular weight is 292 g/mol. The molecule has 2 aromatic rings. The molecule has 2 rings (SSSR count). The predicted molar refractivity (Wildman–Crippen MR) is 83.2 cm³/mol. The van der Waals surface area contributed by atoms with Crippen molar-refractivity contribution in [1.29, 1.82) is 0 Å². The molecule has 2 aromatic carbocycles. The van der Waals surface area contributed by atoms with Crippen LogP contribution in [0.25, 0.3) is 0 Å². The lowest BCUT2D eigenvalue weighted by molar-refractivity contribution is 0.306. The van der Waals surface area contributed by atoms with Gasteiger partial charge < -0.3 is 14.8 Å². The molecule has 0 radical (unpaired) electrons. The minimum absolute atomic E-state index is 0.547. The van der Waals surface area contributed by atoms with Gasteiger partial charge in [-0.25, -0.2) is 0 Å². The lowest BCUT2D eigenvalue weighted by Crippen LogP contribution is -2.11. The van der Waals surface area contributed by atoms with Gasteiger partial charge in [0.1, 0.15) is 6.61 Å². The minimum Gasteiger partial charge on any atom is -0.493 e. The first-order valence-electron chi connectivity index (χ1n) is 6.46. The zero-order valence-electron chi connectivity index (χ0n) is 11.7. The maximum absolute atomic E-state index is 6.07. The molecule has 0 unspecified atom stereocenters. The molecule has 0 aliphatic carbocycles. The number of rotatable bonds is 6. The Morgan fingerprint density at radius 2 is 1.85 bits per heavy atom. The summed E-state index contributed by atoms with van der Waals surface area (Å²) in [4.78, 5) is 0. The number of aryl methyl sites for hydroxylation is 1. The second-order valence-corrected chi connectivity index (χ2v) is 4.80. The number of nitrogens with one attached hydrogen (secondary N) is 1. The van der Waals surface area contributed by atoms with Crippen LogP contribution in [-0.4, -0.2) is 20.3 Å². The zero-order valence-corrected chi connectivity index (χ0v) is 12.4. The lowest BCUT2D eigenvalue weighted by Gasteiger charge is -2.11. The van der Waals surface area contributed by atoms with E-state index < -0.39 is 0 Å². The van der Waals surface area contributed by atoms with Gasteiger partial charge in [0.05, 0.1) is 7.11 Å². The molecule has 0 amide bonds. The molecular weight excluding hydrogens is 274 g/mol. The van der Waals surface area contributed by atoms with E-state index in [-0.39, 0.29) is 0 Å². The summed E-state index contributed by atoms with van der Waals surface area (Å²) < 4.78 is 10.9. The van der Waals surface area contributed by atoms with Gasteiger partial charge in [0, 0.05) is 17.3 Å². The zero-order chi connectivity index (χ0) is 14.4. The van der Waals surface area contributed by atoms with Crippen LogP contribution < -0.4 is 14.8 Å². The molecular formula is C16H18ClNO2. The van der Waals surface area contributed by atoms with E-state index in [1.165, 1.54) is 0 Å². The van der Waals surface area contributed by atoms with Crippen molar-refractivity contribution in [2.45, 2.75) is 6.92 Å². The van der Waals surface area contributed by atoms with Crippen molar-refractivity contribution >= 4 is 17.3 Å². The SMILES string of the molecule is COc1ccccc1OCCNc1ccc(C)c(Cl)c1. The molecule has 4 heteroatoms. The highest BCUT2D eigenvalue weighted by molar-refractivity contribution is 6.31. The number of halogens is 1. The quantitative estimate of drug-likeness (QED) is 0.811. The third-order valence-corrected chi connectivity index (χ3v) is 3.34. The van der Waals surface area contributed by atoms with E-state index in [4.69, 9.17) is 21.1 Å². The van der Waals surface area contributed by atoms with E-state index in [1.807, 2.05) is 49.4 Å². The van der Waals surface area contributed by atoms with Crippen LogP contribution >= 0.6 is 11.6 Å². The maximum atomic E-state index is 6.07. The Morgan fingerprint density at radius 1 is 1.10 bits per heavy atom. The van der Waals surface area contributed by atoms with Gasteiger partial charge in [-0.3, -0.25) is 0 Å². The van der Waals surface area contributed by atoms with Gasteiger partial charge in [-0.2, -0.15) is 0 Å². The number of ether oxygens (including phenoxy) is 2. The fourth-order valence-corrected chi connectivity index (χ4v) is 1.98. The number of hydrogen-bond donors (Lipinski definition) is 1. The molecule has 0 atom stereocenters. The van der Waals surface area contributed by atoms with E-state index in [0.29, 0.717) is 13.2 Å². The lowest BCUT2D eigenvalue weighted by atomic mass is 10.2. The predicted octanol–water partition coefficient (Wildman–Crippen LogP) is 4.15. The van der Waals surface area contributed by atoms with Crippen LogP contribution in [0.4, 0.5) is 5.69 Å². The van der Waals surface area contributed by atoms with E-state index in [1.54, 1.807) is 7.11 Å². The van der Waals surface area contributed by atoms with Gasteiger partial charge in [0.2, 0.25) is 0 Å². The van der Waals surface area contributed by atoms with Crippen LogP contribution in [-0.2, 0) is 0 Å². The van der Waals surface area contributed by atoms with Crippen LogP contribution in [0.15, 0.2) is 42.5 Å². The Balaban J connectivity index is 1.83. The Labute approximate surface area is 124 Å². The summed E-state index contributed by atoms with van der Waals surface area (Å²) >= 11 is 6.07. The van der Waals surface area contributed by atoms with Crippen molar-refractivity contribution in [3.63, 3.8) is 0 Å². The minimum atomic E-state index is 0.547. The van der Waals surface area contributed by atoms with Crippen LogP contribution in [0.5, 0.6) is 11.5 Å². The summed E-state index contributed by atoms with van der Waals surface area (Å²) in [5.41, 5.74) is 2.06. The monoisotopic (exact) mass is 291 g/mol. The van der Waals surface area contributed by atoms with Crippen molar-refractivity contribution in [3.05, 3.63) is 53.1 Å². The molecule has 0 aliphatic rings. The molecule has 0 saturated carbocycles. The van der Waals surface area contributed by atoms with Crippen molar-refractivity contribution in [2.24, 2.45) is 0 Å². The second kappa shape index (κ2) is 7.06. The number of para-hydroxylation sites is 2. The Morgan fingerprint density at radius 3 is 2.55 bits per heavy atom. The van der Waals surface area contributed by atoms with Crippen LogP contribution in [0, 0.1) is 6.92 Å². The fraction of sp³-hybridized carbons (Fsp3) is 0.250. The number of anilines is 1. The van der Waals surface area contributed by atoms with Gasteiger partial charge in [-0.05, 0) is 36.8 Å². The molecule has 0 spiro atoms. The molecule has 20 heavy (non-hydrogen) atoms. The molecule has 0 aromatic heterocycles. The summed E-state index contributed by atoms with van der Waals surface area (Å²) in [6, 6.07) is 13.5. The first-order chi connectivity index (χ1) is 9.70. The summed E-state index contributed by atoms with van der Waals surface area (Å²) in [5, 5.41) is 4.03. The first kappa shape index (κ1) is 14.5. The molecule has 1 N–H and O–H groups in total. The molecule has 0 saturated heterocycles. The van der Waals surface area contributed by atoms with E-state index >= 15 is 0 Å². The summed E-state index contributed by atoms with van der Waals surface area (Å²) in [5.74, 6) is 1.49. The van der Waals surface area contributed by atoms with E-state index in [2.05, 4.69) is 5.32 Å².